The number of hydrogen-bond donors (Lipinski definition) is 2. The van der Waals surface area contributed by atoms with E-state index in [1.54, 1.807) is 4.68 Å². The van der Waals surface area contributed by atoms with Crippen LogP contribution in [0.3, 0.4) is 0 Å². The van der Waals surface area contributed by atoms with Crippen molar-refractivity contribution in [1.29, 1.82) is 0 Å². The summed E-state index contributed by atoms with van der Waals surface area (Å²) in [6.45, 7) is 0. The van der Waals surface area contributed by atoms with Crippen LogP contribution in [0.15, 0.2) is 52.1 Å². The zero-order valence-corrected chi connectivity index (χ0v) is 11.8. The van der Waals surface area contributed by atoms with E-state index in [0.717, 1.165) is 11.0 Å². The van der Waals surface area contributed by atoms with Crippen molar-refractivity contribution < 1.29 is 5.21 Å². The number of aromatic nitrogens is 3. The molecule has 0 saturated carbocycles. The van der Waals surface area contributed by atoms with Crippen LogP contribution in [0.25, 0.3) is 16.7 Å². The fourth-order valence-electron chi connectivity index (χ4n) is 2.04. The minimum absolute atomic E-state index is 0.00653. The van der Waals surface area contributed by atoms with Crippen molar-refractivity contribution in [3.8, 4) is 5.69 Å². The lowest BCUT2D eigenvalue weighted by Crippen LogP contribution is -2.17. The van der Waals surface area contributed by atoms with Crippen molar-refractivity contribution in [2.45, 2.75) is 0 Å². The molecule has 0 amide bonds. The molecule has 0 spiro atoms. The van der Waals surface area contributed by atoms with Gasteiger partial charge in [0.05, 0.1) is 16.8 Å². The Morgan fingerprint density at radius 1 is 1.20 bits per heavy atom. The third kappa shape index (κ3) is 1.92. The number of oxime groups is 1. The lowest BCUT2D eigenvalue weighted by Gasteiger charge is -2.10. The topological polar surface area (TPSA) is 89.3 Å². The summed E-state index contributed by atoms with van der Waals surface area (Å²) in [5.74, 6) is 0.00653. The Morgan fingerprint density at radius 3 is 2.80 bits per heavy atom. The van der Waals surface area contributed by atoms with Crippen LogP contribution < -0.4 is 5.73 Å². The van der Waals surface area contributed by atoms with Crippen LogP contribution in [0.2, 0.25) is 0 Å². The monoisotopic (exact) mass is 331 g/mol. The molecule has 0 aliphatic heterocycles. The van der Waals surface area contributed by atoms with Gasteiger partial charge < -0.3 is 10.9 Å². The molecule has 6 nitrogen and oxygen atoms in total. The molecule has 3 aromatic rings. The second-order valence-corrected chi connectivity index (χ2v) is 4.96. The molecular formula is C13H10BrN5O. The van der Waals surface area contributed by atoms with E-state index < -0.39 is 0 Å². The van der Waals surface area contributed by atoms with Gasteiger partial charge >= 0.3 is 0 Å². The van der Waals surface area contributed by atoms with E-state index in [2.05, 4.69) is 31.4 Å². The molecule has 1 heterocycles. The fourth-order valence-corrected chi connectivity index (χ4v) is 2.60. The SMILES string of the molecule is N/C(=N/O)c1c(Br)cccc1-n1nnc2ccccc21. The van der Waals surface area contributed by atoms with Crippen molar-refractivity contribution in [2.75, 3.05) is 0 Å². The van der Waals surface area contributed by atoms with Crippen LogP contribution in [-0.2, 0) is 0 Å². The molecule has 0 saturated heterocycles. The molecule has 0 bridgehead atoms. The molecule has 0 aliphatic rings. The molecule has 0 atom stereocenters. The van der Waals surface area contributed by atoms with Crippen LogP contribution in [0, 0.1) is 0 Å². The molecule has 0 unspecified atom stereocenters. The van der Waals surface area contributed by atoms with E-state index >= 15 is 0 Å². The zero-order valence-electron chi connectivity index (χ0n) is 10.2. The highest BCUT2D eigenvalue weighted by Crippen LogP contribution is 2.25. The molecule has 1 aromatic heterocycles. The molecule has 7 heteroatoms. The van der Waals surface area contributed by atoms with Gasteiger partial charge in [0.25, 0.3) is 0 Å². The Bertz CT molecular complexity index is 811. The minimum atomic E-state index is 0.00653. The second kappa shape index (κ2) is 4.93. The van der Waals surface area contributed by atoms with Crippen LogP contribution >= 0.6 is 15.9 Å². The van der Waals surface area contributed by atoms with Gasteiger partial charge in [0.1, 0.15) is 5.52 Å². The van der Waals surface area contributed by atoms with Crippen molar-refractivity contribution in [2.24, 2.45) is 10.9 Å². The Kier molecular flexibility index (Phi) is 3.11. The summed E-state index contributed by atoms with van der Waals surface area (Å²) < 4.78 is 2.37. The summed E-state index contributed by atoms with van der Waals surface area (Å²) in [6, 6.07) is 13.1. The van der Waals surface area contributed by atoms with E-state index in [-0.39, 0.29) is 5.84 Å². The zero-order chi connectivity index (χ0) is 14.1. The van der Waals surface area contributed by atoms with Crippen molar-refractivity contribution in [3.05, 3.63) is 52.5 Å². The molecular weight excluding hydrogens is 322 g/mol. The Hall–Kier alpha value is -2.41. The standard InChI is InChI=1S/C13H10BrN5O/c14-8-4-3-7-11(12(8)13(15)17-20)19-10-6-2-1-5-9(10)16-18-19/h1-7,20H,(H2,15,17). The molecule has 100 valence electrons. The average molecular weight is 332 g/mol. The molecule has 0 fully saturated rings. The lowest BCUT2D eigenvalue weighted by molar-refractivity contribution is 0.318. The van der Waals surface area contributed by atoms with Crippen LogP contribution in [-0.4, -0.2) is 26.0 Å². The Morgan fingerprint density at radius 2 is 2.00 bits per heavy atom. The number of hydrogen-bond acceptors (Lipinski definition) is 4. The van der Waals surface area contributed by atoms with E-state index in [1.807, 2.05) is 42.5 Å². The molecule has 0 radical (unpaired) electrons. The summed E-state index contributed by atoms with van der Waals surface area (Å²) in [4.78, 5) is 0. The predicted molar refractivity (Wildman–Crippen MR) is 79.1 cm³/mol. The first-order valence-electron chi connectivity index (χ1n) is 5.79. The van der Waals surface area contributed by atoms with Crippen LogP contribution in [0.1, 0.15) is 5.56 Å². The number of para-hydroxylation sites is 1. The second-order valence-electron chi connectivity index (χ2n) is 4.11. The van der Waals surface area contributed by atoms with E-state index in [0.29, 0.717) is 15.7 Å². The highest BCUT2D eigenvalue weighted by Gasteiger charge is 2.15. The third-order valence-electron chi connectivity index (χ3n) is 2.94. The van der Waals surface area contributed by atoms with Gasteiger partial charge in [-0.1, -0.05) is 28.6 Å². The van der Waals surface area contributed by atoms with Gasteiger partial charge in [-0.2, -0.15) is 0 Å². The minimum Gasteiger partial charge on any atom is -0.409 e. The van der Waals surface area contributed by atoms with Crippen molar-refractivity contribution in [1.82, 2.24) is 15.0 Å². The molecule has 0 aliphatic carbocycles. The first-order chi connectivity index (χ1) is 9.72. The smallest absolute Gasteiger partial charge is 0.173 e. The summed E-state index contributed by atoms with van der Waals surface area (Å²) >= 11 is 3.40. The summed E-state index contributed by atoms with van der Waals surface area (Å²) in [5, 5.41) is 20.3. The fraction of sp³-hybridized carbons (Fsp3) is 0. The normalized spacial score (nSPS) is 11.9. The molecule has 3 rings (SSSR count). The van der Waals surface area contributed by atoms with Gasteiger partial charge in [-0.15, -0.1) is 5.10 Å². The maximum absolute atomic E-state index is 8.94. The van der Waals surface area contributed by atoms with Gasteiger partial charge in [0.15, 0.2) is 5.84 Å². The predicted octanol–water partition coefficient (Wildman–Crippen LogP) is 2.28. The van der Waals surface area contributed by atoms with Crippen molar-refractivity contribution in [3.63, 3.8) is 0 Å². The average Bonchev–Trinajstić information content (AvgIpc) is 2.90. The number of fused-ring (bicyclic) bond motifs is 1. The maximum atomic E-state index is 8.94. The van der Waals surface area contributed by atoms with Gasteiger partial charge in [-0.25, -0.2) is 4.68 Å². The van der Waals surface area contributed by atoms with Crippen molar-refractivity contribution >= 4 is 32.8 Å². The summed E-state index contributed by atoms with van der Waals surface area (Å²) in [5.41, 5.74) is 8.62. The van der Waals surface area contributed by atoms with E-state index in [1.165, 1.54) is 0 Å². The number of halogens is 1. The van der Waals surface area contributed by atoms with E-state index in [9.17, 15) is 0 Å². The molecule has 2 aromatic carbocycles. The molecule has 20 heavy (non-hydrogen) atoms. The van der Waals surface area contributed by atoms with Gasteiger partial charge in [0, 0.05) is 4.47 Å². The maximum Gasteiger partial charge on any atom is 0.173 e. The van der Waals surface area contributed by atoms with Gasteiger partial charge in [0.2, 0.25) is 0 Å². The van der Waals surface area contributed by atoms with Crippen LogP contribution in [0.5, 0.6) is 0 Å². The van der Waals surface area contributed by atoms with Gasteiger partial charge in [-0.3, -0.25) is 0 Å². The lowest BCUT2D eigenvalue weighted by atomic mass is 10.1. The first-order valence-corrected chi connectivity index (χ1v) is 6.59. The number of rotatable bonds is 2. The first kappa shape index (κ1) is 12.6. The Balaban J connectivity index is 2.33. The van der Waals surface area contributed by atoms with Gasteiger partial charge in [-0.05, 0) is 40.2 Å². The largest absolute Gasteiger partial charge is 0.409 e. The van der Waals surface area contributed by atoms with Crippen LogP contribution in [0.4, 0.5) is 0 Å². The number of benzene rings is 2. The number of nitrogens with zero attached hydrogens (tertiary/aromatic N) is 4. The molecule has 3 N–H and O–H groups in total. The third-order valence-corrected chi connectivity index (χ3v) is 3.60. The van der Waals surface area contributed by atoms with E-state index in [4.69, 9.17) is 10.9 Å². The summed E-state index contributed by atoms with van der Waals surface area (Å²) in [7, 11) is 0. The number of amidine groups is 1. The highest BCUT2D eigenvalue weighted by atomic mass is 79.9. The quantitative estimate of drug-likeness (QED) is 0.326. The highest BCUT2D eigenvalue weighted by molar-refractivity contribution is 9.10. The number of nitrogens with two attached hydrogens (primary N) is 1. The summed E-state index contributed by atoms with van der Waals surface area (Å²) in [6.07, 6.45) is 0. The Labute approximate surface area is 122 Å².